The highest BCUT2D eigenvalue weighted by atomic mass is 35.5. The van der Waals surface area contributed by atoms with Gasteiger partial charge < -0.3 is 5.32 Å². The van der Waals surface area contributed by atoms with E-state index in [0.29, 0.717) is 16.4 Å². The van der Waals surface area contributed by atoms with Gasteiger partial charge in [0.05, 0.1) is 5.69 Å². The minimum Gasteiger partial charge on any atom is -0.308 e. The topological polar surface area (TPSA) is 76.0 Å². The summed E-state index contributed by atoms with van der Waals surface area (Å²) in [6.45, 7) is 5.76. The number of aryl methyl sites for hydroxylation is 3. The van der Waals surface area contributed by atoms with Gasteiger partial charge in [-0.25, -0.2) is 9.78 Å². The van der Waals surface area contributed by atoms with E-state index in [1.54, 1.807) is 12.1 Å². The highest BCUT2D eigenvalue weighted by Gasteiger charge is 2.12. The Balaban J connectivity index is 1.87. The first-order valence-electron chi connectivity index (χ1n) is 8.34. The number of anilines is 2. The molecular formula is C20H19ClN4O2. The molecule has 0 unspecified atom stereocenters. The zero-order valence-corrected chi connectivity index (χ0v) is 16.0. The maximum Gasteiger partial charge on any atom is 0.325 e. The summed E-state index contributed by atoms with van der Waals surface area (Å²) in [5, 5.41) is 5.75. The second-order valence-corrected chi connectivity index (χ2v) is 6.77. The number of hydrogen-bond donors (Lipinski definition) is 2. The zero-order chi connectivity index (χ0) is 19.6. The van der Waals surface area contributed by atoms with Gasteiger partial charge in [0, 0.05) is 23.1 Å². The van der Waals surface area contributed by atoms with Crippen molar-refractivity contribution in [3.63, 3.8) is 0 Å². The number of amides is 2. The van der Waals surface area contributed by atoms with Crippen LogP contribution < -0.4 is 16.2 Å². The maximum absolute atomic E-state index is 12.7. The van der Waals surface area contributed by atoms with Crippen molar-refractivity contribution < 1.29 is 4.79 Å². The molecule has 7 heteroatoms. The minimum atomic E-state index is -0.537. The van der Waals surface area contributed by atoms with Gasteiger partial charge in [0.25, 0.3) is 5.56 Å². The van der Waals surface area contributed by atoms with E-state index < -0.39 is 11.6 Å². The summed E-state index contributed by atoms with van der Waals surface area (Å²) >= 11 is 6.05. The van der Waals surface area contributed by atoms with Gasteiger partial charge in [0.2, 0.25) is 5.82 Å². The first kappa shape index (κ1) is 18.7. The third kappa shape index (κ3) is 4.35. The highest BCUT2D eigenvalue weighted by Crippen LogP contribution is 2.18. The van der Waals surface area contributed by atoms with E-state index in [1.165, 1.54) is 17.0 Å². The van der Waals surface area contributed by atoms with Crippen LogP contribution in [-0.2, 0) is 0 Å². The first-order chi connectivity index (χ1) is 12.8. The van der Waals surface area contributed by atoms with Gasteiger partial charge in [-0.05, 0) is 61.7 Å². The van der Waals surface area contributed by atoms with E-state index in [9.17, 15) is 9.59 Å². The number of carbonyl (C=O) groups is 1. The van der Waals surface area contributed by atoms with Crippen molar-refractivity contribution in [2.45, 2.75) is 20.8 Å². The number of urea groups is 1. The van der Waals surface area contributed by atoms with E-state index in [4.69, 9.17) is 11.6 Å². The molecule has 0 saturated carbocycles. The number of benzene rings is 2. The fraction of sp³-hybridized carbons (Fsp3) is 0.150. The molecule has 0 aliphatic rings. The Labute approximate surface area is 161 Å². The van der Waals surface area contributed by atoms with Crippen LogP contribution >= 0.6 is 11.6 Å². The largest absolute Gasteiger partial charge is 0.325 e. The molecule has 138 valence electrons. The van der Waals surface area contributed by atoms with Crippen molar-refractivity contribution in [3.8, 4) is 5.69 Å². The molecule has 3 rings (SSSR count). The summed E-state index contributed by atoms with van der Waals surface area (Å²) in [7, 11) is 0. The van der Waals surface area contributed by atoms with Crippen LogP contribution in [0.25, 0.3) is 5.69 Å². The molecule has 3 aromatic rings. The molecular weight excluding hydrogens is 364 g/mol. The van der Waals surface area contributed by atoms with Crippen LogP contribution in [0.1, 0.15) is 16.7 Å². The van der Waals surface area contributed by atoms with E-state index in [0.717, 1.165) is 16.7 Å². The summed E-state index contributed by atoms with van der Waals surface area (Å²) in [5.41, 5.74) is 3.76. The molecule has 0 saturated heterocycles. The van der Waals surface area contributed by atoms with Gasteiger partial charge in [-0.3, -0.25) is 14.7 Å². The van der Waals surface area contributed by atoms with Gasteiger partial charge in [-0.15, -0.1) is 0 Å². The van der Waals surface area contributed by atoms with Crippen LogP contribution in [0.4, 0.5) is 16.3 Å². The second kappa shape index (κ2) is 7.63. The first-order valence-corrected chi connectivity index (χ1v) is 8.72. The smallest absolute Gasteiger partial charge is 0.308 e. The fourth-order valence-corrected chi connectivity index (χ4v) is 3.01. The molecule has 6 nitrogen and oxygen atoms in total. The average Bonchev–Trinajstić information content (AvgIpc) is 2.58. The van der Waals surface area contributed by atoms with Crippen LogP contribution in [0.5, 0.6) is 0 Å². The lowest BCUT2D eigenvalue weighted by molar-refractivity contribution is 0.262. The van der Waals surface area contributed by atoms with E-state index >= 15 is 0 Å². The predicted molar refractivity (Wildman–Crippen MR) is 108 cm³/mol. The van der Waals surface area contributed by atoms with E-state index in [2.05, 4.69) is 15.6 Å². The molecule has 2 amide bonds. The van der Waals surface area contributed by atoms with Gasteiger partial charge in [0.1, 0.15) is 0 Å². The molecule has 1 aromatic heterocycles. The molecule has 27 heavy (non-hydrogen) atoms. The van der Waals surface area contributed by atoms with Crippen molar-refractivity contribution in [2.75, 3.05) is 10.6 Å². The monoisotopic (exact) mass is 382 g/mol. The number of hydrogen-bond acceptors (Lipinski definition) is 3. The molecule has 0 aliphatic heterocycles. The standard InChI is InChI=1S/C20H19ClN4O2/c1-12-8-13(2)10-16(9-12)23-20(27)24-18-19(26)25(7-6-22-18)17-11-15(21)5-4-14(17)3/h4-11H,1-3H3,(H2,22,23,24,27). The lowest BCUT2D eigenvalue weighted by atomic mass is 10.1. The van der Waals surface area contributed by atoms with Crippen molar-refractivity contribution in [1.82, 2.24) is 9.55 Å². The molecule has 0 radical (unpaired) electrons. The van der Waals surface area contributed by atoms with Crippen LogP contribution in [0.3, 0.4) is 0 Å². The Kier molecular flexibility index (Phi) is 5.28. The molecule has 0 spiro atoms. The number of nitrogens with one attached hydrogen (secondary N) is 2. The van der Waals surface area contributed by atoms with Gasteiger partial charge >= 0.3 is 6.03 Å². The van der Waals surface area contributed by atoms with Crippen LogP contribution in [0.15, 0.2) is 53.6 Å². The summed E-state index contributed by atoms with van der Waals surface area (Å²) in [6.07, 6.45) is 2.99. The Morgan fingerprint density at radius 2 is 1.74 bits per heavy atom. The number of aromatic nitrogens is 2. The third-order valence-corrected chi connectivity index (χ3v) is 4.22. The number of carbonyl (C=O) groups excluding carboxylic acids is 1. The number of halogens is 1. The molecule has 0 fully saturated rings. The Morgan fingerprint density at radius 1 is 1.04 bits per heavy atom. The lowest BCUT2D eigenvalue weighted by Crippen LogP contribution is -2.28. The SMILES string of the molecule is Cc1cc(C)cc(NC(=O)Nc2nccn(-c3cc(Cl)ccc3C)c2=O)c1. The normalized spacial score (nSPS) is 10.5. The molecule has 1 heterocycles. The van der Waals surface area contributed by atoms with Gasteiger partial charge in [-0.2, -0.15) is 0 Å². The van der Waals surface area contributed by atoms with Gasteiger partial charge in [-0.1, -0.05) is 23.7 Å². The average molecular weight is 383 g/mol. The Bertz CT molecular complexity index is 1060. The van der Waals surface area contributed by atoms with Crippen molar-refractivity contribution in [1.29, 1.82) is 0 Å². The van der Waals surface area contributed by atoms with E-state index in [-0.39, 0.29) is 5.82 Å². The van der Waals surface area contributed by atoms with Crippen molar-refractivity contribution in [2.24, 2.45) is 0 Å². The predicted octanol–water partition coefficient (Wildman–Crippen LogP) is 4.46. The molecule has 2 N–H and O–H groups in total. The maximum atomic E-state index is 12.7. The molecule has 2 aromatic carbocycles. The van der Waals surface area contributed by atoms with Crippen LogP contribution in [-0.4, -0.2) is 15.6 Å². The molecule has 0 bridgehead atoms. The second-order valence-electron chi connectivity index (χ2n) is 6.34. The Morgan fingerprint density at radius 3 is 2.44 bits per heavy atom. The summed E-state index contributed by atoms with van der Waals surface area (Å²) in [6, 6.07) is 10.4. The summed E-state index contributed by atoms with van der Waals surface area (Å²) < 4.78 is 1.40. The van der Waals surface area contributed by atoms with Crippen LogP contribution in [0.2, 0.25) is 5.02 Å². The van der Waals surface area contributed by atoms with Crippen molar-refractivity contribution >= 4 is 29.1 Å². The zero-order valence-electron chi connectivity index (χ0n) is 15.2. The third-order valence-electron chi connectivity index (χ3n) is 3.98. The van der Waals surface area contributed by atoms with Gasteiger partial charge in [0.15, 0.2) is 0 Å². The van der Waals surface area contributed by atoms with Crippen LogP contribution in [0, 0.1) is 20.8 Å². The van der Waals surface area contributed by atoms with E-state index in [1.807, 2.05) is 45.0 Å². The summed E-state index contributed by atoms with van der Waals surface area (Å²) in [4.78, 5) is 29.0. The minimum absolute atomic E-state index is 0.0706. The number of rotatable bonds is 3. The quantitative estimate of drug-likeness (QED) is 0.702. The number of nitrogens with zero attached hydrogens (tertiary/aromatic N) is 2. The lowest BCUT2D eigenvalue weighted by Gasteiger charge is -2.12. The summed E-state index contributed by atoms with van der Waals surface area (Å²) in [5.74, 6) is -0.0706. The van der Waals surface area contributed by atoms with Crippen molar-refractivity contribution in [3.05, 3.63) is 80.9 Å². The fourth-order valence-electron chi connectivity index (χ4n) is 2.85. The molecule has 0 aliphatic carbocycles. The Hall–Kier alpha value is -3.12. The highest BCUT2D eigenvalue weighted by molar-refractivity contribution is 6.30. The molecule has 0 atom stereocenters.